The third kappa shape index (κ3) is 5.04. The Bertz CT molecular complexity index is 953. The second-order valence-corrected chi connectivity index (χ2v) is 7.22. The summed E-state index contributed by atoms with van der Waals surface area (Å²) in [6.07, 6.45) is 6.02. The molecule has 9 nitrogen and oxygen atoms in total. The van der Waals surface area contributed by atoms with Crippen LogP contribution in [0.4, 0.5) is 5.95 Å². The van der Waals surface area contributed by atoms with Gasteiger partial charge in [-0.1, -0.05) is 50.0 Å². The smallest absolute Gasteiger partial charge is 0.338 e. The first-order valence-electron chi connectivity index (χ1n) is 10.4. The van der Waals surface area contributed by atoms with Crippen molar-refractivity contribution >= 4 is 11.9 Å². The Hall–Kier alpha value is -3.36. The Labute approximate surface area is 182 Å². The fourth-order valence-corrected chi connectivity index (χ4v) is 3.48. The van der Waals surface area contributed by atoms with Crippen LogP contribution in [0.5, 0.6) is 11.5 Å². The Kier molecular flexibility index (Phi) is 7.64. The molecule has 0 spiro atoms. The van der Waals surface area contributed by atoms with Crippen LogP contribution in [0.3, 0.4) is 0 Å². The predicted molar refractivity (Wildman–Crippen MR) is 116 cm³/mol. The van der Waals surface area contributed by atoms with Crippen LogP contribution >= 0.6 is 0 Å². The van der Waals surface area contributed by atoms with Crippen LogP contribution in [0.25, 0.3) is 0 Å². The molecule has 0 bridgehead atoms. The van der Waals surface area contributed by atoms with Crippen molar-refractivity contribution in [3.05, 3.63) is 47.7 Å². The van der Waals surface area contributed by atoms with Gasteiger partial charge in [0.1, 0.15) is 12.6 Å². The average molecular weight is 428 g/mol. The van der Waals surface area contributed by atoms with Crippen LogP contribution < -0.4 is 14.8 Å². The summed E-state index contributed by atoms with van der Waals surface area (Å²) in [6.45, 7) is 8.30. The third-order valence-electron chi connectivity index (χ3n) is 5.03. The highest BCUT2D eigenvalue weighted by Gasteiger charge is 2.35. The number of tetrazole rings is 1. The van der Waals surface area contributed by atoms with Crippen LogP contribution in [-0.2, 0) is 9.53 Å². The molecular weight excluding hydrogens is 398 g/mol. The first-order chi connectivity index (χ1) is 15.1. The molecule has 3 rings (SSSR count). The summed E-state index contributed by atoms with van der Waals surface area (Å²) in [5.74, 6) is 1.21. The van der Waals surface area contributed by atoms with Crippen LogP contribution in [0.2, 0.25) is 0 Å². The van der Waals surface area contributed by atoms with Crippen molar-refractivity contribution in [3.8, 4) is 11.5 Å². The number of benzene rings is 1. The van der Waals surface area contributed by atoms with Gasteiger partial charge in [0.25, 0.3) is 0 Å². The summed E-state index contributed by atoms with van der Waals surface area (Å²) >= 11 is 0. The minimum absolute atomic E-state index is 0.110. The molecule has 0 aliphatic carbocycles. The van der Waals surface area contributed by atoms with Crippen molar-refractivity contribution in [2.45, 2.75) is 45.6 Å². The second kappa shape index (κ2) is 10.6. The van der Waals surface area contributed by atoms with Crippen molar-refractivity contribution in [2.24, 2.45) is 0 Å². The van der Waals surface area contributed by atoms with E-state index in [-0.39, 0.29) is 6.61 Å². The Morgan fingerprint density at radius 2 is 2.13 bits per heavy atom. The summed E-state index contributed by atoms with van der Waals surface area (Å²) in [5.41, 5.74) is 1.81. The first kappa shape index (κ1) is 22.3. The number of unbranched alkanes of at least 4 members (excludes halogenated alkanes) is 3. The van der Waals surface area contributed by atoms with E-state index in [0.29, 0.717) is 35.3 Å². The lowest BCUT2D eigenvalue weighted by atomic mass is 9.95. The van der Waals surface area contributed by atoms with Crippen molar-refractivity contribution in [1.29, 1.82) is 0 Å². The lowest BCUT2D eigenvalue weighted by Gasteiger charge is -2.27. The second-order valence-electron chi connectivity index (χ2n) is 7.22. The van der Waals surface area contributed by atoms with E-state index < -0.39 is 12.0 Å². The number of hydrogen-bond acceptors (Lipinski definition) is 8. The average Bonchev–Trinajstić information content (AvgIpc) is 3.24. The zero-order valence-corrected chi connectivity index (χ0v) is 18.3. The number of allylic oxidation sites excluding steroid dienone is 1. The monoisotopic (exact) mass is 427 g/mol. The van der Waals surface area contributed by atoms with Gasteiger partial charge in [0.15, 0.2) is 11.5 Å². The molecule has 1 aliphatic heterocycles. The number of methoxy groups -OCH3 is 1. The largest absolute Gasteiger partial charge is 0.493 e. The standard InChI is InChI=1S/C22H29N5O4/c1-5-7-8-9-13-30-17-11-10-16(14-18(17)29-4)20-19(21(28)31-12-6-2)15(3)23-22-24-25-26-27(20)22/h6,10-11,14,20H,2,5,7-9,12-13H2,1,3-4H3,(H,23,24,26). The van der Waals surface area contributed by atoms with E-state index >= 15 is 0 Å². The Balaban J connectivity index is 1.91. The molecule has 0 saturated carbocycles. The molecule has 1 N–H and O–H groups in total. The molecule has 2 aromatic rings. The highest BCUT2D eigenvalue weighted by Crippen LogP contribution is 2.38. The molecule has 1 aromatic heterocycles. The molecular formula is C22H29N5O4. The van der Waals surface area contributed by atoms with Crippen LogP contribution in [-0.4, -0.2) is 46.5 Å². The highest BCUT2D eigenvalue weighted by molar-refractivity contribution is 5.92. The number of esters is 1. The summed E-state index contributed by atoms with van der Waals surface area (Å²) in [7, 11) is 1.59. The van der Waals surface area contributed by atoms with Crippen molar-refractivity contribution in [3.63, 3.8) is 0 Å². The number of nitrogens with zero attached hydrogens (tertiary/aromatic N) is 4. The van der Waals surface area contributed by atoms with Crippen LogP contribution in [0.1, 0.15) is 51.1 Å². The van der Waals surface area contributed by atoms with Gasteiger partial charge >= 0.3 is 5.97 Å². The van der Waals surface area contributed by atoms with Gasteiger partial charge < -0.3 is 19.5 Å². The fraction of sp³-hybridized carbons (Fsp3) is 0.455. The summed E-state index contributed by atoms with van der Waals surface area (Å²) < 4.78 is 18.4. The van der Waals surface area contributed by atoms with Gasteiger partial charge in [-0.05, 0) is 41.5 Å². The third-order valence-corrected chi connectivity index (χ3v) is 5.03. The molecule has 166 valence electrons. The summed E-state index contributed by atoms with van der Waals surface area (Å²) in [5, 5.41) is 14.9. The number of carbonyl (C=O) groups is 1. The highest BCUT2D eigenvalue weighted by atomic mass is 16.5. The van der Waals surface area contributed by atoms with Crippen LogP contribution in [0.15, 0.2) is 42.1 Å². The van der Waals surface area contributed by atoms with E-state index in [4.69, 9.17) is 14.2 Å². The maximum Gasteiger partial charge on any atom is 0.338 e. The number of fused-ring (bicyclic) bond motifs is 1. The topological polar surface area (TPSA) is 100 Å². The first-order valence-corrected chi connectivity index (χ1v) is 10.4. The normalized spacial score (nSPS) is 15.1. The number of anilines is 1. The lowest BCUT2D eigenvalue weighted by Crippen LogP contribution is -2.29. The molecule has 1 aromatic carbocycles. The van der Waals surface area contributed by atoms with E-state index in [1.165, 1.54) is 18.9 Å². The van der Waals surface area contributed by atoms with E-state index in [1.807, 2.05) is 18.2 Å². The molecule has 1 unspecified atom stereocenters. The minimum Gasteiger partial charge on any atom is -0.493 e. The Morgan fingerprint density at radius 3 is 2.87 bits per heavy atom. The maximum absolute atomic E-state index is 12.8. The molecule has 0 fully saturated rings. The van der Waals surface area contributed by atoms with Gasteiger partial charge in [0, 0.05) is 5.70 Å². The van der Waals surface area contributed by atoms with Gasteiger partial charge in [-0.15, -0.1) is 0 Å². The van der Waals surface area contributed by atoms with Gasteiger partial charge in [-0.3, -0.25) is 0 Å². The fourth-order valence-electron chi connectivity index (χ4n) is 3.48. The minimum atomic E-state index is -0.573. The van der Waals surface area contributed by atoms with Crippen LogP contribution in [0, 0.1) is 0 Å². The number of carbonyl (C=O) groups excluding carboxylic acids is 1. The van der Waals surface area contributed by atoms with Gasteiger partial charge in [0.05, 0.1) is 19.3 Å². The van der Waals surface area contributed by atoms with E-state index in [9.17, 15) is 4.79 Å². The van der Waals surface area contributed by atoms with Crippen molar-refractivity contribution < 1.29 is 19.0 Å². The number of hydrogen-bond donors (Lipinski definition) is 1. The number of ether oxygens (including phenoxy) is 3. The summed E-state index contributed by atoms with van der Waals surface area (Å²) in [4.78, 5) is 12.8. The number of nitrogens with one attached hydrogen (secondary N) is 1. The Morgan fingerprint density at radius 1 is 1.29 bits per heavy atom. The molecule has 0 saturated heterocycles. The predicted octanol–water partition coefficient (Wildman–Crippen LogP) is 3.66. The zero-order chi connectivity index (χ0) is 22.2. The molecule has 0 radical (unpaired) electrons. The van der Waals surface area contributed by atoms with Gasteiger partial charge in [-0.25, -0.2) is 4.79 Å². The maximum atomic E-state index is 12.8. The van der Waals surface area contributed by atoms with Gasteiger partial charge in [0.2, 0.25) is 5.95 Å². The SMILES string of the molecule is C=CCOC(=O)C1=C(C)Nc2nnnn2C1c1ccc(OCCCCCC)c(OC)c1. The zero-order valence-electron chi connectivity index (χ0n) is 18.3. The number of rotatable bonds is 11. The van der Waals surface area contributed by atoms with Crippen molar-refractivity contribution in [1.82, 2.24) is 20.2 Å². The lowest BCUT2D eigenvalue weighted by molar-refractivity contribution is -0.138. The molecule has 31 heavy (non-hydrogen) atoms. The van der Waals surface area contributed by atoms with Crippen molar-refractivity contribution in [2.75, 3.05) is 25.6 Å². The molecule has 2 heterocycles. The van der Waals surface area contributed by atoms with E-state index in [2.05, 4.69) is 34.3 Å². The molecule has 9 heteroatoms. The quantitative estimate of drug-likeness (QED) is 0.329. The molecule has 0 amide bonds. The van der Waals surface area contributed by atoms with E-state index in [0.717, 1.165) is 18.4 Å². The summed E-state index contributed by atoms with van der Waals surface area (Å²) in [6, 6.07) is 5.01. The molecule has 1 aliphatic rings. The number of aromatic nitrogens is 4. The van der Waals surface area contributed by atoms with Gasteiger partial charge in [-0.2, -0.15) is 4.68 Å². The molecule has 1 atom stereocenters. The van der Waals surface area contributed by atoms with E-state index in [1.54, 1.807) is 18.7 Å².